The predicted molar refractivity (Wildman–Crippen MR) is 44.5 cm³/mol. The largest absolute Gasteiger partial charge is 0.375 e. The first-order valence-corrected chi connectivity index (χ1v) is 4.30. The number of halogens is 2. The van der Waals surface area contributed by atoms with Crippen LogP contribution in [0.2, 0.25) is 0 Å². The molecule has 0 aliphatic rings. The molecule has 0 N–H and O–H groups in total. The minimum absolute atomic E-state index is 0.303. The van der Waals surface area contributed by atoms with Gasteiger partial charge in [-0.25, -0.2) is 8.78 Å². The monoisotopic (exact) mass is 184 g/mol. The lowest BCUT2D eigenvalue weighted by Gasteiger charge is -2.11. The molecule has 1 atom stereocenters. The van der Waals surface area contributed by atoms with Crippen LogP contribution in [0.15, 0.2) is 0 Å². The zero-order valence-corrected chi connectivity index (χ0v) is 7.49. The maximum atomic E-state index is 11.5. The standard InChI is InChI=1S/C7H14F2OS/c1-2-6(5-11)3-10-4-7(8)9/h6-7,11H,2-5H2,1H3. The summed E-state index contributed by atoms with van der Waals surface area (Å²) in [4.78, 5) is 0. The fraction of sp³-hybridized carbons (Fsp3) is 1.00. The van der Waals surface area contributed by atoms with Crippen LogP contribution in [0.25, 0.3) is 0 Å². The van der Waals surface area contributed by atoms with Crippen molar-refractivity contribution in [2.45, 2.75) is 19.8 Å². The molecule has 0 aliphatic heterocycles. The SMILES string of the molecule is CCC(CS)COCC(F)F. The van der Waals surface area contributed by atoms with Gasteiger partial charge in [0.1, 0.15) is 6.61 Å². The van der Waals surface area contributed by atoms with E-state index in [-0.39, 0.29) is 0 Å². The molecule has 0 aromatic rings. The Morgan fingerprint density at radius 1 is 1.36 bits per heavy atom. The molecule has 0 aromatic heterocycles. The molecule has 0 aromatic carbocycles. The van der Waals surface area contributed by atoms with Gasteiger partial charge in [-0.05, 0) is 11.7 Å². The second-order valence-electron chi connectivity index (χ2n) is 2.39. The molecule has 0 fully saturated rings. The van der Waals surface area contributed by atoms with Crippen molar-refractivity contribution in [1.82, 2.24) is 0 Å². The first-order chi connectivity index (χ1) is 5.20. The summed E-state index contributed by atoms with van der Waals surface area (Å²) in [5.41, 5.74) is 0. The van der Waals surface area contributed by atoms with E-state index in [2.05, 4.69) is 12.6 Å². The summed E-state index contributed by atoms with van der Waals surface area (Å²) in [7, 11) is 0. The molecule has 0 radical (unpaired) electrons. The highest BCUT2D eigenvalue weighted by molar-refractivity contribution is 7.80. The normalized spacial score (nSPS) is 13.9. The Bertz CT molecular complexity index is 86.5. The van der Waals surface area contributed by atoms with E-state index in [0.717, 1.165) is 6.42 Å². The van der Waals surface area contributed by atoms with E-state index in [0.29, 0.717) is 18.3 Å². The van der Waals surface area contributed by atoms with Gasteiger partial charge < -0.3 is 4.74 Å². The molecule has 0 aliphatic carbocycles. The number of rotatable bonds is 6. The third-order valence-corrected chi connectivity index (χ3v) is 1.95. The van der Waals surface area contributed by atoms with Crippen LogP contribution in [0.4, 0.5) is 8.78 Å². The fourth-order valence-electron chi connectivity index (χ4n) is 0.623. The second-order valence-corrected chi connectivity index (χ2v) is 2.75. The molecule has 0 amide bonds. The molecule has 0 saturated heterocycles. The van der Waals surface area contributed by atoms with E-state index in [1.165, 1.54) is 0 Å². The van der Waals surface area contributed by atoms with Crippen LogP contribution >= 0.6 is 12.6 Å². The lowest BCUT2D eigenvalue weighted by molar-refractivity contribution is 0.00619. The zero-order valence-electron chi connectivity index (χ0n) is 6.59. The summed E-state index contributed by atoms with van der Waals surface area (Å²) in [5.74, 6) is 0.997. The van der Waals surface area contributed by atoms with Gasteiger partial charge in [-0.3, -0.25) is 0 Å². The zero-order chi connectivity index (χ0) is 8.69. The third kappa shape index (κ3) is 6.56. The Morgan fingerprint density at radius 3 is 2.36 bits per heavy atom. The van der Waals surface area contributed by atoms with Crippen LogP contribution in [-0.2, 0) is 4.74 Å². The molecule has 11 heavy (non-hydrogen) atoms. The van der Waals surface area contributed by atoms with Crippen molar-refractivity contribution in [1.29, 1.82) is 0 Å². The Morgan fingerprint density at radius 2 is 2.00 bits per heavy atom. The lowest BCUT2D eigenvalue weighted by atomic mass is 10.1. The molecular weight excluding hydrogens is 170 g/mol. The van der Waals surface area contributed by atoms with Gasteiger partial charge in [-0.2, -0.15) is 12.6 Å². The average molecular weight is 184 g/mol. The first kappa shape index (κ1) is 11.2. The van der Waals surface area contributed by atoms with E-state index < -0.39 is 13.0 Å². The molecule has 0 bridgehead atoms. The number of hydrogen-bond donors (Lipinski definition) is 1. The Balaban J connectivity index is 3.21. The van der Waals surface area contributed by atoms with Crippen molar-refractivity contribution in [3.63, 3.8) is 0 Å². The van der Waals surface area contributed by atoms with Gasteiger partial charge in [0, 0.05) is 0 Å². The summed E-state index contributed by atoms with van der Waals surface area (Å²) >= 11 is 4.05. The van der Waals surface area contributed by atoms with E-state index in [1.807, 2.05) is 6.92 Å². The lowest BCUT2D eigenvalue weighted by Crippen LogP contribution is -2.13. The molecular formula is C7H14F2OS. The van der Waals surface area contributed by atoms with Gasteiger partial charge >= 0.3 is 0 Å². The number of ether oxygens (including phenoxy) is 1. The second kappa shape index (κ2) is 6.85. The van der Waals surface area contributed by atoms with E-state index in [9.17, 15) is 8.78 Å². The molecule has 4 heteroatoms. The predicted octanol–water partition coefficient (Wildman–Crippen LogP) is 2.22. The summed E-state index contributed by atoms with van der Waals surface area (Å²) in [6.07, 6.45) is -1.43. The van der Waals surface area contributed by atoms with Crippen LogP contribution in [-0.4, -0.2) is 25.4 Å². The first-order valence-electron chi connectivity index (χ1n) is 3.67. The number of alkyl halides is 2. The van der Waals surface area contributed by atoms with Crippen molar-refractivity contribution in [3.8, 4) is 0 Å². The highest BCUT2D eigenvalue weighted by atomic mass is 32.1. The summed E-state index contributed by atoms with van der Waals surface area (Å²) in [6.45, 7) is 1.93. The van der Waals surface area contributed by atoms with Gasteiger partial charge in [0.15, 0.2) is 0 Å². The maximum absolute atomic E-state index is 11.5. The van der Waals surface area contributed by atoms with E-state index in [1.54, 1.807) is 0 Å². The van der Waals surface area contributed by atoms with Crippen LogP contribution in [0.3, 0.4) is 0 Å². The van der Waals surface area contributed by atoms with Crippen molar-refractivity contribution in [2.75, 3.05) is 19.0 Å². The van der Waals surface area contributed by atoms with Gasteiger partial charge in [-0.15, -0.1) is 0 Å². The molecule has 0 saturated carbocycles. The fourth-order valence-corrected chi connectivity index (χ4v) is 0.987. The third-order valence-electron chi connectivity index (χ3n) is 1.43. The van der Waals surface area contributed by atoms with Crippen LogP contribution in [0.1, 0.15) is 13.3 Å². The minimum atomic E-state index is -2.35. The summed E-state index contributed by atoms with van der Waals surface area (Å²) in [5, 5.41) is 0. The average Bonchev–Trinajstić information content (AvgIpc) is 1.98. The van der Waals surface area contributed by atoms with E-state index >= 15 is 0 Å². The molecule has 68 valence electrons. The quantitative estimate of drug-likeness (QED) is 0.623. The van der Waals surface area contributed by atoms with E-state index in [4.69, 9.17) is 4.74 Å². The summed E-state index contributed by atoms with van der Waals surface area (Å²) in [6, 6.07) is 0. The van der Waals surface area contributed by atoms with Crippen molar-refractivity contribution in [3.05, 3.63) is 0 Å². The Kier molecular flexibility index (Phi) is 6.96. The molecule has 0 spiro atoms. The Hall–Kier alpha value is 0.170. The van der Waals surface area contributed by atoms with Crippen molar-refractivity contribution < 1.29 is 13.5 Å². The number of hydrogen-bond acceptors (Lipinski definition) is 2. The molecule has 0 rings (SSSR count). The topological polar surface area (TPSA) is 9.23 Å². The maximum Gasteiger partial charge on any atom is 0.261 e. The molecule has 0 heterocycles. The van der Waals surface area contributed by atoms with Crippen molar-refractivity contribution >= 4 is 12.6 Å². The van der Waals surface area contributed by atoms with Gasteiger partial charge in [0.2, 0.25) is 0 Å². The van der Waals surface area contributed by atoms with Crippen LogP contribution < -0.4 is 0 Å². The molecule has 1 nitrogen and oxygen atoms in total. The molecule has 1 unspecified atom stereocenters. The minimum Gasteiger partial charge on any atom is -0.375 e. The smallest absolute Gasteiger partial charge is 0.261 e. The highest BCUT2D eigenvalue weighted by Gasteiger charge is 2.06. The number of thiol groups is 1. The Labute approximate surface area is 71.5 Å². The van der Waals surface area contributed by atoms with Gasteiger partial charge in [0.05, 0.1) is 6.61 Å². The van der Waals surface area contributed by atoms with Crippen molar-refractivity contribution in [2.24, 2.45) is 5.92 Å². The summed E-state index contributed by atoms with van der Waals surface area (Å²) < 4.78 is 27.8. The van der Waals surface area contributed by atoms with Crippen LogP contribution in [0.5, 0.6) is 0 Å². The van der Waals surface area contributed by atoms with Gasteiger partial charge in [-0.1, -0.05) is 13.3 Å². The van der Waals surface area contributed by atoms with Crippen LogP contribution in [0, 0.1) is 5.92 Å². The highest BCUT2D eigenvalue weighted by Crippen LogP contribution is 2.05. The van der Waals surface area contributed by atoms with Gasteiger partial charge in [0.25, 0.3) is 6.43 Å².